The van der Waals surface area contributed by atoms with Crippen LogP contribution in [-0.2, 0) is 7.05 Å². The van der Waals surface area contributed by atoms with E-state index in [0.29, 0.717) is 41.2 Å². The van der Waals surface area contributed by atoms with Crippen molar-refractivity contribution in [2.45, 2.75) is 12.8 Å². The molecule has 150 valence electrons. The average molecular weight is 427 g/mol. The normalized spacial score (nSPS) is 16.7. The Bertz CT molecular complexity index is 887. The van der Waals surface area contributed by atoms with Gasteiger partial charge in [0.2, 0.25) is 0 Å². The van der Waals surface area contributed by atoms with E-state index in [9.17, 15) is 14.0 Å². The van der Waals surface area contributed by atoms with Crippen molar-refractivity contribution < 1.29 is 14.0 Å². The van der Waals surface area contributed by atoms with Crippen LogP contribution in [-0.4, -0.2) is 41.0 Å². The first-order valence-corrected chi connectivity index (χ1v) is 9.71. The number of aromatic nitrogens is 1. The molecule has 2 aromatic rings. The topological polar surface area (TPSA) is 66.4 Å². The Morgan fingerprint density at radius 1 is 1.29 bits per heavy atom. The Morgan fingerprint density at radius 2 is 2.07 bits per heavy atom. The molecule has 1 atom stereocenters. The third kappa shape index (κ3) is 4.77. The molecule has 1 unspecified atom stereocenters. The van der Waals surface area contributed by atoms with Gasteiger partial charge in [0.25, 0.3) is 5.91 Å². The third-order valence-electron chi connectivity index (χ3n) is 4.78. The molecule has 1 aromatic carbocycles. The van der Waals surface area contributed by atoms with Gasteiger partial charge in [-0.3, -0.25) is 4.79 Å². The SMILES string of the molecule is Cn1c(C(=O)N2CCCC(CNC(=O)Nc3cccc(F)c3)C2)cc(Cl)c1Cl. The van der Waals surface area contributed by atoms with Crippen LogP contribution in [0.25, 0.3) is 0 Å². The Hall–Kier alpha value is -2.25. The van der Waals surface area contributed by atoms with Crippen LogP contribution in [0, 0.1) is 11.7 Å². The van der Waals surface area contributed by atoms with Crippen LogP contribution in [0.5, 0.6) is 0 Å². The number of nitrogens with zero attached hydrogens (tertiary/aromatic N) is 2. The van der Waals surface area contributed by atoms with Gasteiger partial charge >= 0.3 is 6.03 Å². The van der Waals surface area contributed by atoms with Crippen LogP contribution in [0.15, 0.2) is 30.3 Å². The smallest absolute Gasteiger partial charge is 0.319 e. The highest BCUT2D eigenvalue weighted by Gasteiger charge is 2.27. The fraction of sp³-hybridized carbons (Fsp3) is 0.368. The van der Waals surface area contributed by atoms with Crippen LogP contribution in [0.2, 0.25) is 10.2 Å². The third-order valence-corrected chi connectivity index (χ3v) is 5.62. The monoisotopic (exact) mass is 426 g/mol. The quantitative estimate of drug-likeness (QED) is 0.770. The van der Waals surface area contributed by atoms with Crippen LogP contribution in [0.4, 0.5) is 14.9 Å². The highest BCUT2D eigenvalue weighted by molar-refractivity contribution is 6.41. The fourth-order valence-electron chi connectivity index (χ4n) is 3.30. The zero-order valence-corrected chi connectivity index (χ0v) is 16.9. The standard InChI is InChI=1S/C19H21Cl2FN4O2/c1-25-16(9-15(20)17(25)21)18(27)26-7-3-4-12(11-26)10-23-19(28)24-14-6-2-5-13(22)8-14/h2,5-6,8-9,12H,3-4,7,10-11H2,1H3,(H2,23,24,28). The summed E-state index contributed by atoms with van der Waals surface area (Å²) < 4.78 is 14.8. The van der Waals surface area contributed by atoms with Crippen molar-refractivity contribution in [3.8, 4) is 0 Å². The van der Waals surface area contributed by atoms with Gasteiger partial charge in [0.05, 0.1) is 5.02 Å². The second kappa shape index (κ2) is 8.84. The van der Waals surface area contributed by atoms with Gasteiger partial charge in [-0.15, -0.1) is 0 Å². The molecule has 1 aromatic heterocycles. The summed E-state index contributed by atoms with van der Waals surface area (Å²) in [5.74, 6) is -0.424. The van der Waals surface area contributed by atoms with Gasteiger partial charge in [0.1, 0.15) is 16.7 Å². The van der Waals surface area contributed by atoms with Gasteiger partial charge in [0, 0.05) is 32.4 Å². The van der Waals surface area contributed by atoms with E-state index in [4.69, 9.17) is 23.2 Å². The van der Waals surface area contributed by atoms with E-state index < -0.39 is 11.8 Å². The lowest BCUT2D eigenvalue weighted by Crippen LogP contribution is -2.44. The molecule has 3 amide bonds. The molecule has 1 saturated heterocycles. The van der Waals surface area contributed by atoms with E-state index in [0.717, 1.165) is 12.8 Å². The molecule has 1 fully saturated rings. The highest BCUT2D eigenvalue weighted by Crippen LogP contribution is 2.27. The van der Waals surface area contributed by atoms with Crippen LogP contribution in [0.1, 0.15) is 23.3 Å². The Labute approximate surface area is 172 Å². The van der Waals surface area contributed by atoms with Crippen molar-refractivity contribution >= 4 is 40.8 Å². The lowest BCUT2D eigenvalue weighted by molar-refractivity contribution is 0.0665. The lowest BCUT2D eigenvalue weighted by Gasteiger charge is -2.33. The molecule has 0 saturated carbocycles. The van der Waals surface area contributed by atoms with Gasteiger partial charge in [-0.25, -0.2) is 9.18 Å². The van der Waals surface area contributed by atoms with Gasteiger partial charge < -0.3 is 20.1 Å². The number of likely N-dealkylation sites (tertiary alicyclic amines) is 1. The Morgan fingerprint density at radius 3 is 2.75 bits per heavy atom. The lowest BCUT2D eigenvalue weighted by atomic mass is 9.98. The van der Waals surface area contributed by atoms with Crippen LogP contribution >= 0.6 is 23.2 Å². The second-order valence-corrected chi connectivity index (χ2v) is 7.60. The number of urea groups is 1. The summed E-state index contributed by atoms with van der Waals surface area (Å²) in [4.78, 5) is 26.6. The summed E-state index contributed by atoms with van der Waals surface area (Å²) in [5, 5.41) is 6.05. The molecule has 6 nitrogen and oxygen atoms in total. The summed E-state index contributed by atoms with van der Waals surface area (Å²) in [5.41, 5.74) is 0.822. The molecule has 1 aliphatic rings. The first-order chi connectivity index (χ1) is 13.3. The number of carbonyl (C=O) groups is 2. The Kier molecular flexibility index (Phi) is 6.46. The second-order valence-electron chi connectivity index (χ2n) is 6.83. The van der Waals surface area contributed by atoms with Gasteiger partial charge in [0.15, 0.2) is 0 Å². The van der Waals surface area contributed by atoms with Crippen LogP contribution < -0.4 is 10.6 Å². The van der Waals surface area contributed by atoms with Crippen LogP contribution in [0.3, 0.4) is 0 Å². The number of carbonyl (C=O) groups excluding carboxylic acids is 2. The maximum absolute atomic E-state index is 13.2. The molecule has 0 aliphatic carbocycles. The maximum Gasteiger partial charge on any atom is 0.319 e. The molecule has 0 spiro atoms. The van der Waals surface area contributed by atoms with E-state index in [1.165, 1.54) is 18.2 Å². The number of nitrogens with one attached hydrogen (secondary N) is 2. The number of rotatable bonds is 4. The number of halogens is 3. The van der Waals surface area contributed by atoms with E-state index in [1.807, 2.05) is 0 Å². The van der Waals surface area contributed by atoms with Crippen molar-refractivity contribution in [1.29, 1.82) is 0 Å². The number of hydrogen-bond acceptors (Lipinski definition) is 2. The molecule has 2 N–H and O–H groups in total. The molecule has 28 heavy (non-hydrogen) atoms. The fourth-order valence-corrected chi connectivity index (χ4v) is 3.68. The number of anilines is 1. The minimum Gasteiger partial charge on any atom is -0.338 e. The number of amides is 3. The Balaban J connectivity index is 1.54. The molecular formula is C19H21Cl2FN4O2. The van der Waals surface area contributed by atoms with Gasteiger partial charge in [-0.05, 0) is 43.0 Å². The summed E-state index contributed by atoms with van der Waals surface area (Å²) in [6.07, 6.45) is 1.74. The van der Waals surface area contributed by atoms with E-state index >= 15 is 0 Å². The summed E-state index contributed by atoms with van der Waals surface area (Å²) in [6.45, 7) is 1.59. The summed E-state index contributed by atoms with van der Waals surface area (Å²) in [7, 11) is 1.70. The van der Waals surface area contributed by atoms with E-state index in [1.54, 1.807) is 28.6 Å². The first kappa shape index (κ1) is 20.5. The van der Waals surface area contributed by atoms with E-state index in [-0.39, 0.29) is 11.8 Å². The molecule has 0 bridgehead atoms. The number of hydrogen-bond donors (Lipinski definition) is 2. The minimum atomic E-state index is -0.417. The zero-order valence-electron chi connectivity index (χ0n) is 15.3. The predicted molar refractivity (Wildman–Crippen MR) is 107 cm³/mol. The largest absolute Gasteiger partial charge is 0.338 e. The van der Waals surface area contributed by atoms with Crippen molar-refractivity contribution in [1.82, 2.24) is 14.8 Å². The molecular weight excluding hydrogens is 406 g/mol. The first-order valence-electron chi connectivity index (χ1n) is 8.95. The number of piperidine rings is 1. The maximum atomic E-state index is 13.2. The molecule has 2 heterocycles. The molecule has 3 rings (SSSR count). The van der Waals surface area contributed by atoms with Crippen molar-refractivity contribution in [3.63, 3.8) is 0 Å². The summed E-state index contributed by atoms with van der Waals surface area (Å²) in [6, 6.07) is 6.86. The molecule has 0 radical (unpaired) electrons. The molecule has 1 aliphatic heterocycles. The van der Waals surface area contributed by atoms with Crippen molar-refractivity contribution in [2.75, 3.05) is 25.0 Å². The zero-order chi connectivity index (χ0) is 20.3. The van der Waals surface area contributed by atoms with Crippen molar-refractivity contribution in [2.24, 2.45) is 13.0 Å². The van der Waals surface area contributed by atoms with E-state index in [2.05, 4.69) is 10.6 Å². The average Bonchev–Trinajstić information content (AvgIpc) is 2.93. The number of benzene rings is 1. The molecule has 9 heteroatoms. The van der Waals surface area contributed by atoms with Gasteiger partial charge in [-0.2, -0.15) is 0 Å². The minimum absolute atomic E-state index is 0.127. The highest BCUT2D eigenvalue weighted by atomic mass is 35.5. The van der Waals surface area contributed by atoms with Crippen molar-refractivity contribution in [3.05, 3.63) is 52.0 Å². The summed E-state index contributed by atoms with van der Waals surface area (Å²) >= 11 is 12.1. The van der Waals surface area contributed by atoms with Gasteiger partial charge in [-0.1, -0.05) is 29.3 Å². The predicted octanol–water partition coefficient (Wildman–Crippen LogP) is 4.14.